The zero-order valence-corrected chi connectivity index (χ0v) is 21.5. The Morgan fingerprint density at radius 1 is 1.16 bits per heavy atom. The molecule has 3 heterocycles. The number of carbonyl (C=O) groups is 1. The van der Waals surface area contributed by atoms with E-state index in [-0.39, 0.29) is 12.0 Å². The third-order valence-corrected chi connectivity index (χ3v) is 7.36. The maximum atomic E-state index is 11.4. The summed E-state index contributed by atoms with van der Waals surface area (Å²) in [5.74, 6) is 1.08. The van der Waals surface area contributed by atoms with Gasteiger partial charge in [0, 0.05) is 19.0 Å². The number of anilines is 1. The number of methoxy groups -OCH3 is 1. The largest absolute Gasteiger partial charge is 0.489 e. The number of carboxylic acid groups (broad SMARTS) is 1. The van der Waals surface area contributed by atoms with E-state index in [1.54, 1.807) is 11.8 Å². The Kier molecular flexibility index (Phi) is 7.20. The highest BCUT2D eigenvalue weighted by Crippen LogP contribution is 2.36. The standard InChI is InChI=1S/C26H33N7O4/c1-15-22(37-18-9-5-8-17(12-18)25(34)35)11-10-19(28-15)24-21(33(2)32-31-24)14-27-26-29-20(16-6-4-7-16)13-23(30-26)36-3/h10-11,13,16-18H,4-9,12,14H2,1-3H3,(H,34,35)(H,27,29,30)/t17-,18-/m0/s1. The number of pyridine rings is 1. The third-order valence-electron chi connectivity index (χ3n) is 7.36. The molecule has 5 rings (SSSR count). The van der Waals surface area contributed by atoms with E-state index in [0.29, 0.717) is 54.3 Å². The molecule has 0 bridgehead atoms. The van der Waals surface area contributed by atoms with Crippen LogP contribution >= 0.6 is 0 Å². The zero-order valence-electron chi connectivity index (χ0n) is 21.5. The fourth-order valence-corrected chi connectivity index (χ4v) is 4.94. The number of rotatable bonds is 9. The summed E-state index contributed by atoms with van der Waals surface area (Å²) in [7, 11) is 3.45. The molecule has 0 radical (unpaired) electrons. The number of aliphatic carboxylic acids is 1. The number of nitrogens with one attached hydrogen (secondary N) is 1. The molecule has 0 amide bonds. The number of aryl methyl sites for hydroxylation is 2. The Labute approximate surface area is 215 Å². The Bertz CT molecular complexity index is 1270. The van der Waals surface area contributed by atoms with Crippen molar-refractivity contribution >= 4 is 11.9 Å². The second kappa shape index (κ2) is 10.7. The SMILES string of the molecule is COc1cc(C2CCC2)nc(NCc2c(-c3ccc(O[C@H]4CCC[C@H](C(=O)O)C4)c(C)n3)nnn2C)n1. The Morgan fingerprint density at radius 3 is 2.68 bits per heavy atom. The van der Waals surface area contributed by atoms with Gasteiger partial charge in [-0.25, -0.2) is 14.6 Å². The van der Waals surface area contributed by atoms with Crippen LogP contribution in [0.3, 0.4) is 0 Å². The number of carboxylic acids is 1. The summed E-state index contributed by atoms with van der Waals surface area (Å²) in [5.41, 5.74) is 3.91. The van der Waals surface area contributed by atoms with Crippen LogP contribution < -0.4 is 14.8 Å². The van der Waals surface area contributed by atoms with Crippen LogP contribution in [0, 0.1) is 12.8 Å². The second-order valence-electron chi connectivity index (χ2n) is 9.87. The molecule has 196 valence electrons. The maximum Gasteiger partial charge on any atom is 0.306 e. The van der Waals surface area contributed by atoms with Gasteiger partial charge < -0.3 is 19.9 Å². The van der Waals surface area contributed by atoms with E-state index in [1.165, 1.54) is 6.42 Å². The van der Waals surface area contributed by atoms with Crippen LogP contribution in [0.2, 0.25) is 0 Å². The summed E-state index contributed by atoms with van der Waals surface area (Å²) < 4.78 is 13.3. The van der Waals surface area contributed by atoms with Gasteiger partial charge in [0.2, 0.25) is 11.8 Å². The molecule has 0 aromatic carbocycles. The molecule has 11 nitrogen and oxygen atoms in total. The first-order valence-electron chi connectivity index (χ1n) is 12.8. The fraction of sp³-hybridized carbons (Fsp3) is 0.538. The average Bonchev–Trinajstić information content (AvgIpc) is 3.23. The Morgan fingerprint density at radius 2 is 1.97 bits per heavy atom. The topological polar surface area (TPSA) is 137 Å². The van der Waals surface area contributed by atoms with E-state index in [1.807, 2.05) is 32.2 Å². The smallest absolute Gasteiger partial charge is 0.306 e. The van der Waals surface area contributed by atoms with Gasteiger partial charge in [-0.1, -0.05) is 11.6 Å². The molecular formula is C26H33N7O4. The number of hydrogen-bond donors (Lipinski definition) is 2. The molecule has 2 N–H and O–H groups in total. The zero-order chi connectivity index (χ0) is 25.9. The maximum absolute atomic E-state index is 11.4. The summed E-state index contributed by atoms with van der Waals surface area (Å²) in [5, 5.41) is 21.2. The molecule has 37 heavy (non-hydrogen) atoms. The minimum atomic E-state index is -0.749. The molecule has 0 aliphatic heterocycles. The molecule has 2 atom stereocenters. The quantitative estimate of drug-likeness (QED) is 0.439. The van der Waals surface area contributed by atoms with E-state index >= 15 is 0 Å². The molecule has 2 aliphatic carbocycles. The van der Waals surface area contributed by atoms with Gasteiger partial charge >= 0.3 is 5.97 Å². The average molecular weight is 508 g/mol. The van der Waals surface area contributed by atoms with Gasteiger partial charge in [-0.2, -0.15) is 4.98 Å². The lowest BCUT2D eigenvalue weighted by molar-refractivity contribution is -0.143. The van der Waals surface area contributed by atoms with E-state index in [2.05, 4.69) is 20.6 Å². The van der Waals surface area contributed by atoms with Gasteiger partial charge in [0.25, 0.3) is 0 Å². The van der Waals surface area contributed by atoms with Crippen molar-refractivity contribution in [2.45, 2.75) is 70.4 Å². The summed E-state index contributed by atoms with van der Waals surface area (Å²) in [6, 6.07) is 5.66. The first kappa shape index (κ1) is 24.9. The number of nitrogens with zero attached hydrogens (tertiary/aromatic N) is 6. The van der Waals surface area contributed by atoms with E-state index in [9.17, 15) is 9.90 Å². The molecule has 0 unspecified atom stereocenters. The molecule has 0 spiro atoms. The van der Waals surface area contributed by atoms with Crippen molar-refractivity contribution in [1.82, 2.24) is 29.9 Å². The van der Waals surface area contributed by atoms with Crippen LogP contribution in [-0.4, -0.2) is 54.2 Å². The number of aromatic nitrogens is 6. The molecule has 3 aromatic heterocycles. The van der Waals surface area contributed by atoms with Crippen LogP contribution in [0.5, 0.6) is 11.6 Å². The van der Waals surface area contributed by atoms with Crippen molar-refractivity contribution in [1.29, 1.82) is 0 Å². The monoisotopic (exact) mass is 507 g/mol. The van der Waals surface area contributed by atoms with Gasteiger partial charge in [0.15, 0.2) is 0 Å². The summed E-state index contributed by atoms with van der Waals surface area (Å²) in [6.07, 6.45) is 6.31. The molecule has 2 saturated carbocycles. The minimum Gasteiger partial charge on any atom is -0.489 e. The summed E-state index contributed by atoms with van der Waals surface area (Å²) in [4.78, 5) is 25.3. The summed E-state index contributed by atoms with van der Waals surface area (Å²) >= 11 is 0. The lowest BCUT2D eigenvalue weighted by Gasteiger charge is -2.27. The van der Waals surface area contributed by atoms with E-state index in [0.717, 1.165) is 42.8 Å². The van der Waals surface area contributed by atoms with Crippen molar-refractivity contribution in [3.05, 3.63) is 35.3 Å². The second-order valence-corrected chi connectivity index (χ2v) is 9.87. The lowest BCUT2D eigenvalue weighted by atomic mass is 9.83. The van der Waals surface area contributed by atoms with Crippen LogP contribution in [0.15, 0.2) is 18.2 Å². The highest BCUT2D eigenvalue weighted by atomic mass is 16.5. The normalized spacial score (nSPS) is 19.8. The van der Waals surface area contributed by atoms with E-state index < -0.39 is 5.97 Å². The van der Waals surface area contributed by atoms with Crippen LogP contribution in [0.25, 0.3) is 11.4 Å². The van der Waals surface area contributed by atoms with Crippen molar-refractivity contribution in [3.8, 4) is 23.0 Å². The van der Waals surface area contributed by atoms with E-state index in [4.69, 9.17) is 19.4 Å². The van der Waals surface area contributed by atoms with Gasteiger partial charge in [-0.05, 0) is 57.6 Å². The fourth-order valence-electron chi connectivity index (χ4n) is 4.94. The molecule has 2 fully saturated rings. The number of hydrogen-bond acceptors (Lipinski definition) is 9. The van der Waals surface area contributed by atoms with Crippen molar-refractivity contribution < 1.29 is 19.4 Å². The highest BCUT2D eigenvalue weighted by molar-refractivity contribution is 5.70. The first-order valence-corrected chi connectivity index (χ1v) is 12.8. The van der Waals surface area contributed by atoms with Gasteiger partial charge in [-0.15, -0.1) is 5.10 Å². The van der Waals surface area contributed by atoms with Crippen molar-refractivity contribution in [3.63, 3.8) is 0 Å². The van der Waals surface area contributed by atoms with Crippen LogP contribution in [-0.2, 0) is 18.4 Å². The van der Waals surface area contributed by atoms with Gasteiger partial charge in [-0.3, -0.25) is 4.79 Å². The number of ether oxygens (including phenoxy) is 2. The lowest BCUT2D eigenvalue weighted by Crippen LogP contribution is -2.29. The third kappa shape index (κ3) is 5.50. The first-order chi connectivity index (χ1) is 17.9. The molecular weight excluding hydrogens is 474 g/mol. The molecule has 11 heteroatoms. The predicted molar refractivity (Wildman–Crippen MR) is 135 cm³/mol. The van der Waals surface area contributed by atoms with Gasteiger partial charge in [0.1, 0.15) is 11.4 Å². The Hall–Kier alpha value is -3.76. The molecule has 3 aromatic rings. The van der Waals surface area contributed by atoms with Crippen molar-refractivity contribution in [2.24, 2.45) is 13.0 Å². The predicted octanol–water partition coefficient (Wildman–Crippen LogP) is 3.89. The highest BCUT2D eigenvalue weighted by Gasteiger charge is 2.29. The van der Waals surface area contributed by atoms with Crippen molar-refractivity contribution in [2.75, 3.05) is 12.4 Å². The Balaban J connectivity index is 1.30. The van der Waals surface area contributed by atoms with Crippen LogP contribution in [0.1, 0.15) is 67.9 Å². The molecule has 2 aliphatic rings. The molecule has 0 saturated heterocycles. The summed E-state index contributed by atoms with van der Waals surface area (Å²) in [6.45, 7) is 2.30. The minimum absolute atomic E-state index is 0.120. The van der Waals surface area contributed by atoms with Crippen LogP contribution in [0.4, 0.5) is 5.95 Å². The van der Waals surface area contributed by atoms with Gasteiger partial charge in [0.05, 0.1) is 48.5 Å².